The monoisotopic (exact) mass is 551 g/mol. The summed E-state index contributed by atoms with van der Waals surface area (Å²) in [7, 11) is -3.93. The maximum atomic E-state index is 13.5. The summed E-state index contributed by atoms with van der Waals surface area (Å²) in [6, 6.07) is 14.6. The molecule has 2 heterocycles. The molecule has 0 saturated heterocycles. The third kappa shape index (κ3) is 7.16. The van der Waals surface area contributed by atoms with Crippen LogP contribution in [0.3, 0.4) is 0 Å². The molecule has 0 radical (unpaired) electrons. The van der Waals surface area contributed by atoms with Crippen molar-refractivity contribution in [2.75, 3.05) is 18.8 Å². The largest absolute Gasteiger partial charge is 0.399 e. The highest BCUT2D eigenvalue weighted by molar-refractivity contribution is 7.89. The van der Waals surface area contributed by atoms with Gasteiger partial charge in [-0.25, -0.2) is 23.4 Å². The van der Waals surface area contributed by atoms with Crippen LogP contribution in [0.2, 0.25) is 0 Å². The van der Waals surface area contributed by atoms with Crippen LogP contribution >= 0.6 is 0 Å². The smallest absolute Gasteiger partial charge is 0.243 e. The molecule has 0 saturated carbocycles. The minimum atomic E-state index is -3.93. The van der Waals surface area contributed by atoms with Crippen LogP contribution in [0, 0.1) is 5.92 Å². The van der Waals surface area contributed by atoms with Crippen LogP contribution in [0.15, 0.2) is 78.3 Å². The second-order valence-electron chi connectivity index (χ2n) is 9.82. The summed E-state index contributed by atoms with van der Waals surface area (Å²) in [6.45, 7) is 3.71. The van der Waals surface area contributed by atoms with Crippen molar-refractivity contribution in [1.29, 1.82) is 0 Å². The summed E-state index contributed by atoms with van der Waals surface area (Å²) >= 11 is 0. The summed E-state index contributed by atoms with van der Waals surface area (Å²) in [6.07, 6.45) is 3.55. The van der Waals surface area contributed by atoms with Gasteiger partial charge in [0.05, 0.1) is 29.6 Å². The van der Waals surface area contributed by atoms with Crippen molar-refractivity contribution in [3.05, 3.63) is 79.0 Å². The van der Waals surface area contributed by atoms with Crippen molar-refractivity contribution < 1.29 is 18.3 Å². The number of nitrogens with two attached hydrogens (primary N) is 1. The lowest BCUT2D eigenvalue weighted by molar-refractivity contribution is -0.123. The number of nitrogens with zero attached hydrogens (tertiary/aromatic N) is 5. The van der Waals surface area contributed by atoms with Crippen LogP contribution in [0.5, 0.6) is 0 Å². The standard InChI is InChI=1S/C27H33N7O4S/c1-19(2)14-34(39(37,38)22-10-8-21(28)9-11-22)15-25(35)23(12-20-6-4-3-5-7-20)32-26(36)16-33-18-31-24-13-29-17-30-27(24)33/h3-11,13,17-19,23,25,35H,12,14-16,28H2,1-2H3,(H,32,36)/t23-,25+/m0/s1. The number of nitrogens with one attached hydrogen (secondary N) is 1. The number of anilines is 1. The molecule has 11 nitrogen and oxygen atoms in total. The van der Waals surface area contributed by atoms with Crippen molar-refractivity contribution in [2.45, 2.75) is 43.9 Å². The predicted octanol–water partition coefficient (Wildman–Crippen LogP) is 1.84. The molecule has 0 fully saturated rings. The summed E-state index contributed by atoms with van der Waals surface area (Å²) < 4.78 is 29.9. The fraction of sp³-hybridized carbons (Fsp3) is 0.333. The first-order valence-electron chi connectivity index (χ1n) is 12.6. The average Bonchev–Trinajstić information content (AvgIpc) is 3.31. The van der Waals surface area contributed by atoms with Crippen molar-refractivity contribution in [3.8, 4) is 0 Å². The Balaban J connectivity index is 1.56. The molecule has 4 N–H and O–H groups in total. The number of rotatable bonds is 12. The van der Waals surface area contributed by atoms with Crippen molar-refractivity contribution in [3.63, 3.8) is 0 Å². The molecular weight excluding hydrogens is 518 g/mol. The van der Waals surface area contributed by atoms with E-state index in [9.17, 15) is 18.3 Å². The van der Waals surface area contributed by atoms with E-state index >= 15 is 0 Å². The first-order valence-corrected chi connectivity index (χ1v) is 14.1. The number of carbonyl (C=O) groups is 1. The maximum absolute atomic E-state index is 13.5. The van der Waals surface area contributed by atoms with Gasteiger partial charge in [-0.2, -0.15) is 4.31 Å². The van der Waals surface area contributed by atoms with Crippen molar-refractivity contribution in [2.24, 2.45) is 5.92 Å². The van der Waals surface area contributed by atoms with Crippen LogP contribution in [-0.2, 0) is 27.8 Å². The molecule has 206 valence electrons. The fourth-order valence-corrected chi connectivity index (χ4v) is 5.91. The highest BCUT2D eigenvalue weighted by Crippen LogP contribution is 2.20. The molecule has 12 heteroatoms. The summed E-state index contributed by atoms with van der Waals surface area (Å²) in [5.41, 5.74) is 8.15. The lowest BCUT2D eigenvalue weighted by Crippen LogP contribution is -2.51. The Morgan fingerprint density at radius 1 is 1.08 bits per heavy atom. The van der Waals surface area contributed by atoms with Gasteiger partial charge in [0.2, 0.25) is 15.9 Å². The predicted molar refractivity (Wildman–Crippen MR) is 148 cm³/mol. The third-order valence-corrected chi connectivity index (χ3v) is 8.03. The molecular formula is C27H33N7O4S. The zero-order valence-electron chi connectivity index (χ0n) is 21.9. The number of hydrogen-bond donors (Lipinski definition) is 3. The van der Waals surface area contributed by atoms with E-state index in [0.29, 0.717) is 23.3 Å². The molecule has 39 heavy (non-hydrogen) atoms. The zero-order valence-corrected chi connectivity index (χ0v) is 22.7. The Morgan fingerprint density at radius 2 is 1.79 bits per heavy atom. The van der Waals surface area contributed by atoms with Gasteiger partial charge in [0.25, 0.3) is 0 Å². The number of hydrogen-bond acceptors (Lipinski definition) is 8. The number of sulfonamides is 1. The molecule has 2 atom stereocenters. The number of aliphatic hydroxyl groups excluding tert-OH is 1. The number of fused-ring (bicyclic) bond motifs is 1. The number of amides is 1. The molecule has 0 unspecified atom stereocenters. The Kier molecular flexibility index (Phi) is 8.90. The number of aromatic nitrogens is 4. The highest BCUT2D eigenvalue weighted by atomic mass is 32.2. The molecule has 4 rings (SSSR count). The van der Waals surface area contributed by atoms with E-state index < -0.39 is 22.2 Å². The van der Waals surface area contributed by atoms with Gasteiger partial charge in [0.1, 0.15) is 18.4 Å². The summed E-state index contributed by atoms with van der Waals surface area (Å²) in [5.74, 6) is -0.371. The van der Waals surface area contributed by atoms with E-state index in [-0.39, 0.29) is 36.4 Å². The Morgan fingerprint density at radius 3 is 2.49 bits per heavy atom. The van der Waals surface area contributed by atoms with Gasteiger partial charge in [0, 0.05) is 18.8 Å². The summed E-state index contributed by atoms with van der Waals surface area (Å²) in [4.78, 5) is 25.5. The average molecular weight is 552 g/mol. The van der Waals surface area contributed by atoms with Crippen molar-refractivity contribution in [1.82, 2.24) is 29.1 Å². The number of aliphatic hydroxyl groups is 1. The van der Waals surface area contributed by atoms with Gasteiger partial charge < -0.3 is 20.7 Å². The van der Waals surface area contributed by atoms with E-state index in [1.165, 1.54) is 41.2 Å². The first kappa shape index (κ1) is 28.1. The number of nitrogen functional groups attached to an aromatic ring is 1. The van der Waals surface area contributed by atoms with E-state index in [1.807, 2.05) is 44.2 Å². The van der Waals surface area contributed by atoms with E-state index in [0.717, 1.165) is 5.56 Å². The van der Waals surface area contributed by atoms with Gasteiger partial charge in [-0.1, -0.05) is 44.2 Å². The minimum absolute atomic E-state index is 0.000525. The van der Waals surface area contributed by atoms with Gasteiger partial charge in [0.15, 0.2) is 5.65 Å². The Labute approximate surface area is 227 Å². The van der Waals surface area contributed by atoms with E-state index in [4.69, 9.17) is 5.73 Å². The third-order valence-electron chi connectivity index (χ3n) is 6.18. The van der Waals surface area contributed by atoms with Gasteiger partial charge in [-0.15, -0.1) is 0 Å². The van der Waals surface area contributed by atoms with E-state index in [2.05, 4.69) is 20.3 Å². The number of imidazole rings is 1. The van der Waals surface area contributed by atoms with Crippen LogP contribution in [0.1, 0.15) is 19.4 Å². The molecule has 0 aliphatic carbocycles. The molecule has 4 aromatic rings. The van der Waals surface area contributed by atoms with Crippen LogP contribution in [-0.4, -0.2) is 68.5 Å². The fourth-order valence-electron chi connectivity index (χ4n) is 4.29. The zero-order chi connectivity index (χ0) is 28.0. The Hall–Kier alpha value is -3.87. The second kappa shape index (κ2) is 12.3. The van der Waals surface area contributed by atoms with Gasteiger partial charge >= 0.3 is 0 Å². The van der Waals surface area contributed by atoms with Gasteiger partial charge in [-0.05, 0) is 42.2 Å². The minimum Gasteiger partial charge on any atom is -0.399 e. The lowest BCUT2D eigenvalue weighted by atomic mass is 10.0. The lowest BCUT2D eigenvalue weighted by Gasteiger charge is -2.31. The second-order valence-corrected chi connectivity index (χ2v) is 11.8. The summed E-state index contributed by atoms with van der Waals surface area (Å²) in [5, 5.41) is 14.3. The molecule has 0 aliphatic heterocycles. The highest BCUT2D eigenvalue weighted by Gasteiger charge is 2.31. The van der Waals surface area contributed by atoms with Gasteiger partial charge in [-0.3, -0.25) is 4.79 Å². The molecule has 0 aliphatic rings. The number of benzene rings is 2. The SMILES string of the molecule is CC(C)CN(C[C@@H](O)[C@H](Cc1ccccc1)NC(=O)Cn1cnc2cncnc21)S(=O)(=O)c1ccc(N)cc1. The molecule has 0 spiro atoms. The quantitative estimate of drug-likeness (QED) is 0.225. The molecule has 0 bridgehead atoms. The maximum Gasteiger partial charge on any atom is 0.243 e. The molecule has 1 amide bonds. The number of carbonyl (C=O) groups excluding carboxylic acids is 1. The van der Waals surface area contributed by atoms with Crippen LogP contribution in [0.25, 0.3) is 11.2 Å². The normalized spacial score (nSPS) is 13.6. The van der Waals surface area contributed by atoms with Crippen LogP contribution in [0.4, 0.5) is 5.69 Å². The van der Waals surface area contributed by atoms with Crippen LogP contribution < -0.4 is 11.1 Å². The van der Waals surface area contributed by atoms with E-state index in [1.54, 1.807) is 10.8 Å². The Bertz CT molecular complexity index is 1490. The molecule has 2 aromatic heterocycles. The topological polar surface area (TPSA) is 156 Å². The van der Waals surface area contributed by atoms with Crippen molar-refractivity contribution >= 4 is 32.8 Å². The first-order chi connectivity index (χ1) is 18.6. The molecule has 2 aromatic carbocycles.